The SMILES string of the molecule is COc1nc(-c2ccnc(Cl)c2Cl)ccc1CCCN(C[C@@H]1CCC(=O)N1)C(=O)OC(C)(C)C. The van der Waals surface area contributed by atoms with E-state index in [2.05, 4.69) is 15.3 Å². The van der Waals surface area contributed by atoms with Crippen molar-refractivity contribution in [1.82, 2.24) is 20.2 Å². The van der Waals surface area contributed by atoms with Crippen molar-refractivity contribution in [3.05, 3.63) is 40.1 Å². The summed E-state index contributed by atoms with van der Waals surface area (Å²) in [6.07, 6.45) is 3.67. The molecule has 1 aliphatic rings. The van der Waals surface area contributed by atoms with E-state index >= 15 is 0 Å². The van der Waals surface area contributed by atoms with Crippen LogP contribution in [0.5, 0.6) is 5.88 Å². The molecule has 10 heteroatoms. The van der Waals surface area contributed by atoms with Gasteiger partial charge in [0.05, 0.1) is 17.8 Å². The van der Waals surface area contributed by atoms with E-state index < -0.39 is 11.7 Å². The highest BCUT2D eigenvalue weighted by Crippen LogP contribution is 2.32. The second-order valence-corrected chi connectivity index (χ2v) is 9.90. The van der Waals surface area contributed by atoms with Crippen LogP contribution < -0.4 is 10.1 Å². The van der Waals surface area contributed by atoms with E-state index in [9.17, 15) is 9.59 Å². The van der Waals surface area contributed by atoms with Gasteiger partial charge in [0, 0.05) is 42.9 Å². The van der Waals surface area contributed by atoms with Gasteiger partial charge in [0.2, 0.25) is 11.8 Å². The average molecular weight is 509 g/mol. The van der Waals surface area contributed by atoms with Crippen LogP contribution in [0.1, 0.15) is 45.6 Å². The van der Waals surface area contributed by atoms with Crippen molar-refractivity contribution >= 4 is 35.2 Å². The molecule has 0 bridgehead atoms. The molecule has 184 valence electrons. The molecule has 0 spiro atoms. The van der Waals surface area contributed by atoms with Crippen LogP contribution in [0.25, 0.3) is 11.3 Å². The summed E-state index contributed by atoms with van der Waals surface area (Å²) in [5.74, 6) is 0.494. The number of hydrogen-bond donors (Lipinski definition) is 1. The van der Waals surface area contributed by atoms with Crippen LogP contribution in [-0.4, -0.2) is 58.7 Å². The lowest BCUT2D eigenvalue weighted by Gasteiger charge is -2.29. The Morgan fingerprint density at radius 2 is 2.03 bits per heavy atom. The van der Waals surface area contributed by atoms with Crippen molar-refractivity contribution in [3.63, 3.8) is 0 Å². The maximum Gasteiger partial charge on any atom is 0.410 e. The van der Waals surface area contributed by atoms with Crippen molar-refractivity contribution in [2.45, 2.75) is 58.1 Å². The van der Waals surface area contributed by atoms with Gasteiger partial charge in [-0.2, -0.15) is 0 Å². The summed E-state index contributed by atoms with van der Waals surface area (Å²) in [7, 11) is 1.56. The Bertz CT molecular complexity index is 1040. The molecule has 0 aliphatic carbocycles. The number of halogens is 2. The van der Waals surface area contributed by atoms with Crippen molar-refractivity contribution in [1.29, 1.82) is 0 Å². The maximum atomic E-state index is 12.8. The van der Waals surface area contributed by atoms with Gasteiger partial charge < -0.3 is 19.7 Å². The van der Waals surface area contributed by atoms with Gasteiger partial charge in [0.25, 0.3) is 0 Å². The molecule has 3 heterocycles. The topological polar surface area (TPSA) is 93.7 Å². The number of carbonyl (C=O) groups excluding carboxylic acids is 2. The zero-order chi connectivity index (χ0) is 24.9. The molecule has 1 fully saturated rings. The molecule has 0 unspecified atom stereocenters. The quantitative estimate of drug-likeness (QED) is 0.509. The zero-order valence-corrected chi connectivity index (χ0v) is 21.4. The van der Waals surface area contributed by atoms with Gasteiger partial charge in [0.1, 0.15) is 10.8 Å². The molecule has 2 aromatic heterocycles. The number of hydrogen-bond acceptors (Lipinski definition) is 6. The van der Waals surface area contributed by atoms with E-state index in [1.807, 2.05) is 32.9 Å². The van der Waals surface area contributed by atoms with Crippen LogP contribution in [0.3, 0.4) is 0 Å². The number of ether oxygens (including phenoxy) is 2. The lowest BCUT2D eigenvalue weighted by Crippen LogP contribution is -2.44. The number of aromatic nitrogens is 2. The smallest absolute Gasteiger partial charge is 0.410 e. The van der Waals surface area contributed by atoms with Crippen LogP contribution in [0.2, 0.25) is 10.2 Å². The lowest BCUT2D eigenvalue weighted by molar-refractivity contribution is -0.119. The van der Waals surface area contributed by atoms with Crippen LogP contribution in [0.15, 0.2) is 24.4 Å². The second-order valence-electron chi connectivity index (χ2n) is 9.16. The minimum atomic E-state index is -0.603. The van der Waals surface area contributed by atoms with Crippen molar-refractivity contribution in [2.75, 3.05) is 20.2 Å². The van der Waals surface area contributed by atoms with Crippen LogP contribution >= 0.6 is 23.2 Å². The third-order valence-electron chi connectivity index (χ3n) is 5.31. The van der Waals surface area contributed by atoms with Gasteiger partial charge in [0.15, 0.2) is 0 Å². The second kappa shape index (κ2) is 11.2. The summed E-state index contributed by atoms with van der Waals surface area (Å²) in [5, 5.41) is 3.46. The van der Waals surface area contributed by atoms with Gasteiger partial charge in [-0.1, -0.05) is 29.3 Å². The third kappa shape index (κ3) is 6.96. The minimum absolute atomic E-state index is 0.0145. The number of carbonyl (C=O) groups is 2. The molecule has 1 saturated heterocycles. The third-order valence-corrected chi connectivity index (χ3v) is 6.07. The van der Waals surface area contributed by atoms with E-state index in [0.717, 1.165) is 5.56 Å². The predicted molar refractivity (Wildman–Crippen MR) is 131 cm³/mol. The number of rotatable bonds is 8. The number of pyridine rings is 2. The molecular formula is C24H30Cl2N4O4. The van der Waals surface area contributed by atoms with Crippen molar-refractivity contribution in [3.8, 4) is 17.1 Å². The van der Waals surface area contributed by atoms with E-state index in [0.29, 0.717) is 60.9 Å². The number of nitrogens with one attached hydrogen (secondary N) is 1. The first-order chi connectivity index (χ1) is 16.1. The van der Waals surface area contributed by atoms with Crippen molar-refractivity contribution < 1.29 is 19.1 Å². The molecule has 2 aromatic rings. The zero-order valence-electron chi connectivity index (χ0n) is 19.9. The maximum absolute atomic E-state index is 12.8. The molecule has 1 atom stereocenters. The molecule has 1 N–H and O–H groups in total. The fraction of sp³-hybridized carbons (Fsp3) is 0.500. The molecule has 34 heavy (non-hydrogen) atoms. The molecular weight excluding hydrogens is 479 g/mol. The fourth-order valence-corrected chi connectivity index (χ4v) is 4.09. The summed E-state index contributed by atoms with van der Waals surface area (Å²) in [6, 6.07) is 5.47. The molecule has 0 radical (unpaired) electrons. The number of amides is 2. The highest BCUT2D eigenvalue weighted by Gasteiger charge is 2.28. The minimum Gasteiger partial charge on any atom is -0.481 e. The predicted octanol–water partition coefficient (Wildman–Crippen LogP) is 4.91. The molecule has 1 aliphatic heterocycles. The Balaban J connectivity index is 1.69. The fourth-order valence-electron chi connectivity index (χ4n) is 3.73. The van der Waals surface area contributed by atoms with Crippen LogP contribution in [0.4, 0.5) is 4.79 Å². The Morgan fingerprint density at radius 3 is 2.68 bits per heavy atom. The first kappa shape index (κ1) is 26.0. The first-order valence-corrected chi connectivity index (χ1v) is 11.9. The number of aryl methyl sites for hydroxylation is 1. The van der Waals surface area contributed by atoms with E-state index in [1.54, 1.807) is 24.3 Å². The lowest BCUT2D eigenvalue weighted by atomic mass is 10.1. The number of nitrogens with zero attached hydrogens (tertiary/aromatic N) is 3. The summed E-state index contributed by atoms with van der Waals surface area (Å²) < 4.78 is 11.1. The largest absolute Gasteiger partial charge is 0.481 e. The number of methoxy groups -OCH3 is 1. The monoisotopic (exact) mass is 508 g/mol. The van der Waals surface area contributed by atoms with E-state index in [-0.39, 0.29) is 17.1 Å². The Hall–Kier alpha value is -2.58. The molecule has 0 saturated carbocycles. The molecule has 0 aromatic carbocycles. The standard InChI is InChI=1S/C24H30Cl2N4O4/c1-24(2,3)34-23(32)30(14-16-8-10-19(31)28-16)13-5-6-15-7-9-18(29-22(15)33-4)17-11-12-27-21(26)20(17)25/h7,9,11-12,16H,5-6,8,10,13-14H2,1-4H3,(H,28,31)/t16-/m0/s1. The molecule has 8 nitrogen and oxygen atoms in total. The van der Waals surface area contributed by atoms with E-state index in [4.69, 9.17) is 32.7 Å². The summed E-state index contributed by atoms with van der Waals surface area (Å²) in [4.78, 5) is 34.6. The first-order valence-electron chi connectivity index (χ1n) is 11.2. The summed E-state index contributed by atoms with van der Waals surface area (Å²) in [5.41, 5.74) is 1.60. The van der Waals surface area contributed by atoms with Gasteiger partial charge >= 0.3 is 6.09 Å². The van der Waals surface area contributed by atoms with Gasteiger partial charge in [-0.15, -0.1) is 0 Å². The highest BCUT2D eigenvalue weighted by molar-refractivity contribution is 6.42. The van der Waals surface area contributed by atoms with E-state index in [1.165, 1.54) is 0 Å². The van der Waals surface area contributed by atoms with Gasteiger partial charge in [-0.05, 0) is 52.2 Å². The normalized spacial score (nSPS) is 15.7. The molecule has 2 amide bonds. The van der Waals surface area contributed by atoms with Gasteiger partial charge in [-0.3, -0.25) is 4.79 Å². The summed E-state index contributed by atoms with van der Waals surface area (Å²) >= 11 is 12.3. The average Bonchev–Trinajstić information content (AvgIpc) is 3.18. The highest BCUT2D eigenvalue weighted by atomic mass is 35.5. The Morgan fingerprint density at radius 1 is 1.26 bits per heavy atom. The Kier molecular flexibility index (Phi) is 8.60. The molecule has 3 rings (SSSR count). The van der Waals surface area contributed by atoms with Crippen molar-refractivity contribution in [2.24, 2.45) is 0 Å². The van der Waals surface area contributed by atoms with Crippen LogP contribution in [-0.2, 0) is 16.0 Å². The van der Waals surface area contributed by atoms with Crippen LogP contribution in [0, 0.1) is 0 Å². The van der Waals surface area contributed by atoms with Gasteiger partial charge in [-0.25, -0.2) is 14.8 Å². The Labute approximate surface area is 209 Å². The summed E-state index contributed by atoms with van der Waals surface area (Å²) in [6.45, 7) is 6.39.